The molecule has 0 aromatic heterocycles. The van der Waals surface area contributed by atoms with E-state index in [1.165, 1.54) is 0 Å². The van der Waals surface area contributed by atoms with Gasteiger partial charge in [-0.25, -0.2) is 0 Å². The molecule has 1 N–H and O–H groups in total. The molecule has 1 atom stereocenters. The quantitative estimate of drug-likeness (QED) is 0.797. The first-order chi connectivity index (χ1) is 13.3. The summed E-state index contributed by atoms with van der Waals surface area (Å²) in [5, 5.41) is 3.59. The Morgan fingerprint density at radius 2 is 1.68 bits per heavy atom. The Bertz CT molecular complexity index is 848. The topological polar surface area (TPSA) is 52.6 Å². The second-order valence-corrected chi connectivity index (χ2v) is 8.07. The van der Waals surface area contributed by atoms with Gasteiger partial charge in [-0.1, -0.05) is 23.2 Å². The summed E-state index contributed by atoms with van der Waals surface area (Å²) in [5.41, 5.74) is 1.59. The van der Waals surface area contributed by atoms with Gasteiger partial charge in [0.25, 0.3) is 11.8 Å². The molecule has 148 valence electrons. The number of hydrogen-bond donors (Lipinski definition) is 1. The number of nitrogens with zero attached hydrogens (tertiary/aromatic N) is 2. The molecule has 0 spiro atoms. The van der Waals surface area contributed by atoms with Crippen molar-refractivity contribution in [3.63, 3.8) is 0 Å². The largest absolute Gasteiger partial charge is 0.337 e. The fourth-order valence-electron chi connectivity index (χ4n) is 3.33. The first-order valence-electron chi connectivity index (χ1n) is 9.16. The number of hydrogen-bond acceptors (Lipinski definition) is 3. The first kappa shape index (κ1) is 20.6. The fourth-order valence-corrected chi connectivity index (χ4v) is 3.85. The van der Waals surface area contributed by atoms with E-state index >= 15 is 0 Å². The highest BCUT2D eigenvalue weighted by Crippen LogP contribution is 2.21. The van der Waals surface area contributed by atoms with Gasteiger partial charge in [0.2, 0.25) is 0 Å². The molecule has 7 heteroatoms. The van der Waals surface area contributed by atoms with Gasteiger partial charge in [0.15, 0.2) is 0 Å². The first-order valence-corrected chi connectivity index (χ1v) is 9.92. The lowest BCUT2D eigenvalue weighted by Gasteiger charge is -2.36. The smallest absolute Gasteiger partial charge is 0.255 e. The van der Waals surface area contributed by atoms with Gasteiger partial charge in [-0.3, -0.25) is 9.59 Å². The molecule has 2 amide bonds. The number of benzene rings is 2. The molecule has 1 aliphatic heterocycles. The molecule has 1 fully saturated rings. The molecule has 1 unspecified atom stereocenters. The standard InChI is InChI=1S/C21H23Cl2N3O2/c1-25(2)19-4-3-9-26(13-19)21(28)14-5-7-18(8-6-14)24-20(27)15-10-16(22)12-17(23)11-15/h5-8,10-12,19H,3-4,9,13H2,1-2H3,(H,24,27). The highest BCUT2D eigenvalue weighted by molar-refractivity contribution is 6.35. The van der Waals surface area contributed by atoms with Crippen molar-refractivity contribution in [2.45, 2.75) is 18.9 Å². The molecule has 5 nitrogen and oxygen atoms in total. The van der Waals surface area contributed by atoms with Crippen LogP contribution in [0.4, 0.5) is 5.69 Å². The summed E-state index contributed by atoms with van der Waals surface area (Å²) < 4.78 is 0. The molecular weight excluding hydrogens is 397 g/mol. The van der Waals surface area contributed by atoms with Crippen LogP contribution in [0.2, 0.25) is 10.0 Å². The fraction of sp³-hybridized carbons (Fsp3) is 0.333. The van der Waals surface area contributed by atoms with Gasteiger partial charge in [-0.15, -0.1) is 0 Å². The zero-order chi connectivity index (χ0) is 20.3. The summed E-state index contributed by atoms with van der Waals surface area (Å²) >= 11 is 11.9. The third-order valence-corrected chi connectivity index (χ3v) is 5.36. The van der Waals surface area contributed by atoms with Crippen molar-refractivity contribution in [1.82, 2.24) is 9.80 Å². The van der Waals surface area contributed by atoms with Crippen LogP contribution in [0, 0.1) is 0 Å². The number of piperidine rings is 1. The molecule has 0 radical (unpaired) electrons. The average molecular weight is 420 g/mol. The number of halogens is 2. The highest BCUT2D eigenvalue weighted by atomic mass is 35.5. The Hall–Kier alpha value is -2.08. The number of likely N-dealkylation sites (tertiary alicyclic amines) is 1. The van der Waals surface area contributed by atoms with E-state index in [1.54, 1.807) is 42.5 Å². The minimum absolute atomic E-state index is 0.0195. The van der Waals surface area contributed by atoms with Gasteiger partial charge in [0, 0.05) is 46.0 Å². The van der Waals surface area contributed by atoms with Crippen LogP contribution in [0.5, 0.6) is 0 Å². The summed E-state index contributed by atoms with van der Waals surface area (Å²) in [4.78, 5) is 29.2. The third-order valence-electron chi connectivity index (χ3n) is 4.93. The summed E-state index contributed by atoms with van der Waals surface area (Å²) in [6.07, 6.45) is 2.11. The molecular formula is C21H23Cl2N3O2. The van der Waals surface area contributed by atoms with Crippen LogP contribution < -0.4 is 5.32 Å². The lowest BCUT2D eigenvalue weighted by atomic mass is 10.0. The molecule has 28 heavy (non-hydrogen) atoms. The summed E-state index contributed by atoms with van der Waals surface area (Å²) in [5.74, 6) is -0.292. The molecule has 0 aliphatic carbocycles. The van der Waals surface area contributed by atoms with Crippen molar-refractivity contribution in [2.75, 3.05) is 32.5 Å². The van der Waals surface area contributed by atoms with E-state index < -0.39 is 0 Å². The van der Waals surface area contributed by atoms with Gasteiger partial charge < -0.3 is 15.1 Å². The van der Waals surface area contributed by atoms with Crippen LogP contribution in [0.15, 0.2) is 42.5 Å². The van der Waals surface area contributed by atoms with Gasteiger partial charge in [0.05, 0.1) is 0 Å². The van der Waals surface area contributed by atoms with Gasteiger partial charge >= 0.3 is 0 Å². The summed E-state index contributed by atoms with van der Waals surface area (Å²) in [6.45, 7) is 1.51. The van der Waals surface area contributed by atoms with Crippen LogP contribution in [-0.4, -0.2) is 54.8 Å². The van der Waals surface area contributed by atoms with E-state index in [0.29, 0.717) is 32.9 Å². The molecule has 3 rings (SSSR count). The predicted molar refractivity (Wildman–Crippen MR) is 113 cm³/mol. The average Bonchev–Trinajstić information content (AvgIpc) is 2.67. The Balaban J connectivity index is 1.66. The maximum Gasteiger partial charge on any atom is 0.255 e. The molecule has 2 aromatic carbocycles. The maximum atomic E-state index is 12.8. The van der Waals surface area contributed by atoms with Crippen LogP contribution in [0.3, 0.4) is 0 Å². The lowest BCUT2D eigenvalue weighted by molar-refractivity contribution is 0.0635. The zero-order valence-electron chi connectivity index (χ0n) is 15.9. The molecule has 1 saturated heterocycles. The summed E-state index contributed by atoms with van der Waals surface area (Å²) in [6, 6.07) is 12.0. The lowest BCUT2D eigenvalue weighted by Crippen LogP contribution is -2.47. The van der Waals surface area contributed by atoms with Crippen molar-refractivity contribution in [1.29, 1.82) is 0 Å². The van der Waals surface area contributed by atoms with Gasteiger partial charge in [-0.05, 0) is 69.4 Å². The van der Waals surface area contributed by atoms with Crippen molar-refractivity contribution in [2.24, 2.45) is 0 Å². The molecule has 2 aromatic rings. The number of amides is 2. The van der Waals surface area contributed by atoms with Crippen LogP contribution in [0.25, 0.3) is 0 Å². The van der Waals surface area contributed by atoms with Crippen LogP contribution >= 0.6 is 23.2 Å². The SMILES string of the molecule is CN(C)C1CCCN(C(=O)c2ccc(NC(=O)c3cc(Cl)cc(Cl)c3)cc2)C1. The van der Waals surface area contributed by atoms with Gasteiger partial charge in [-0.2, -0.15) is 0 Å². The molecule has 1 heterocycles. The van der Waals surface area contributed by atoms with E-state index in [-0.39, 0.29) is 11.8 Å². The van der Waals surface area contributed by atoms with Crippen molar-refractivity contribution in [3.8, 4) is 0 Å². The second-order valence-electron chi connectivity index (χ2n) is 7.20. The number of rotatable bonds is 4. The predicted octanol–water partition coefficient (Wildman–Crippen LogP) is 4.41. The van der Waals surface area contributed by atoms with E-state index in [4.69, 9.17) is 23.2 Å². The zero-order valence-corrected chi connectivity index (χ0v) is 17.4. The minimum atomic E-state index is -0.312. The Morgan fingerprint density at radius 1 is 1.04 bits per heavy atom. The minimum Gasteiger partial charge on any atom is -0.337 e. The van der Waals surface area contributed by atoms with Crippen molar-refractivity contribution in [3.05, 3.63) is 63.6 Å². The van der Waals surface area contributed by atoms with E-state index in [9.17, 15) is 9.59 Å². The van der Waals surface area contributed by atoms with Crippen LogP contribution in [0.1, 0.15) is 33.6 Å². The molecule has 0 saturated carbocycles. The van der Waals surface area contributed by atoms with Crippen molar-refractivity contribution < 1.29 is 9.59 Å². The highest BCUT2D eigenvalue weighted by Gasteiger charge is 2.25. The number of nitrogens with one attached hydrogen (secondary N) is 1. The number of carbonyl (C=O) groups excluding carboxylic acids is 2. The monoisotopic (exact) mass is 419 g/mol. The summed E-state index contributed by atoms with van der Waals surface area (Å²) in [7, 11) is 4.09. The van der Waals surface area contributed by atoms with E-state index in [0.717, 1.165) is 25.9 Å². The third kappa shape index (κ3) is 5.04. The maximum absolute atomic E-state index is 12.8. The Labute approximate surface area is 175 Å². The normalized spacial score (nSPS) is 16.9. The Morgan fingerprint density at radius 3 is 2.29 bits per heavy atom. The van der Waals surface area contributed by atoms with Crippen LogP contribution in [-0.2, 0) is 0 Å². The molecule has 1 aliphatic rings. The number of anilines is 1. The van der Waals surface area contributed by atoms with Gasteiger partial charge in [0.1, 0.15) is 0 Å². The Kier molecular flexibility index (Phi) is 6.60. The number of likely N-dealkylation sites (N-methyl/N-ethyl adjacent to an activating group) is 1. The van der Waals surface area contributed by atoms with E-state index in [2.05, 4.69) is 10.2 Å². The number of carbonyl (C=O) groups is 2. The van der Waals surface area contributed by atoms with Crippen molar-refractivity contribution >= 4 is 40.7 Å². The molecule has 0 bridgehead atoms. The second kappa shape index (κ2) is 8.95. The van der Waals surface area contributed by atoms with E-state index in [1.807, 2.05) is 19.0 Å².